The molecule has 6 nitrogen and oxygen atoms in total. The topological polar surface area (TPSA) is 66.9 Å². The zero-order chi connectivity index (χ0) is 20.3. The van der Waals surface area contributed by atoms with Gasteiger partial charge in [0.15, 0.2) is 0 Å². The van der Waals surface area contributed by atoms with Gasteiger partial charge < -0.3 is 4.74 Å². The number of hydrogen-bond acceptors (Lipinski definition) is 5. The average Bonchev–Trinajstić information content (AvgIpc) is 2.70. The highest BCUT2D eigenvalue weighted by Crippen LogP contribution is 2.27. The van der Waals surface area contributed by atoms with Gasteiger partial charge in [-0.15, -0.1) is 0 Å². The zero-order valence-electron chi connectivity index (χ0n) is 15.2. The molecule has 1 aliphatic heterocycles. The fraction of sp³-hybridized carbons (Fsp3) is 0.316. The van der Waals surface area contributed by atoms with Crippen LogP contribution < -0.4 is 0 Å². The van der Waals surface area contributed by atoms with E-state index in [1.165, 1.54) is 29.6 Å². The maximum Gasteiger partial charge on any atom is 0.327 e. The Bertz CT molecular complexity index is 945. The molecule has 1 unspecified atom stereocenters. The van der Waals surface area contributed by atoms with Crippen LogP contribution >= 0.6 is 11.6 Å². The molecule has 2 aromatic carbocycles. The van der Waals surface area contributed by atoms with Gasteiger partial charge in [-0.3, -0.25) is 4.90 Å². The van der Waals surface area contributed by atoms with Crippen molar-refractivity contribution in [2.24, 2.45) is 0 Å². The van der Waals surface area contributed by atoms with E-state index in [0.29, 0.717) is 23.7 Å². The maximum atomic E-state index is 14.0. The number of ether oxygens (including phenoxy) is 1. The molecule has 1 fully saturated rings. The summed E-state index contributed by atoms with van der Waals surface area (Å²) in [7, 11) is -2.63. The molecule has 1 atom stereocenters. The van der Waals surface area contributed by atoms with Crippen LogP contribution in [0.4, 0.5) is 4.39 Å². The van der Waals surface area contributed by atoms with E-state index >= 15 is 0 Å². The minimum atomic E-state index is -3.94. The Balaban J connectivity index is 1.78. The van der Waals surface area contributed by atoms with Crippen LogP contribution in [0.2, 0.25) is 5.02 Å². The summed E-state index contributed by atoms with van der Waals surface area (Å²) in [5.74, 6) is -1.22. The lowest BCUT2D eigenvalue weighted by Crippen LogP contribution is -2.51. The highest BCUT2D eigenvalue weighted by atomic mass is 35.5. The van der Waals surface area contributed by atoms with Crippen molar-refractivity contribution < 1.29 is 22.3 Å². The molecular formula is C19H20ClFN2O4S. The molecule has 1 heterocycles. The van der Waals surface area contributed by atoms with E-state index in [-0.39, 0.29) is 18.0 Å². The van der Waals surface area contributed by atoms with E-state index in [1.807, 2.05) is 4.90 Å². The monoisotopic (exact) mass is 426 g/mol. The standard InChI is InChI=1S/C19H20ClFN2O4S/c1-27-19(24)18(14-6-8-15(20)9-7-14)22-10-12-23(13-11-22)28(25,26)17-5-3-2-4-16(17)21/h2-9,18H,10-13H2,1H3. The first-order valence-electron chi connectivity index (χ1n) is 8.66. The molecular weight excluding hydrogens is 407 g/mol. The highest BCUT2D eigenvalue weighted by molar-refractivity contribution is 7.89. The van der Waals surface area contributed by atoms with Crippen LogP contribution in [0.25, 0.3) is 0 Å². The first-order chi connectivity index (χ1) is 13.3. The highest BCUT2D eigenvalue weighted by Gasteiger charge is 2.35. The molecule has 2 aromatic rings. The number of carbonyl (C=O) groups excluding carboxylic acids is 1. The molecule has 0 aliphatic carbocycles. The lowest BCUT2D eigenvalue weighted by molar-refractivity contribution is -0.147. The smallest absolute Gasteiger partial charge is 0.327 e. The number of rotatable bonds is 5. The van der Waals surface area contributed by atoms with Crippen LogP contribution in [0.3, 0.4) is 0 Å². The largest absolute Gasteiger partial charge is 0.468 e. The SMILES string of the molecule is COC(=O)C(c1ccc(Cl)cc1)N1CCN(S(=O)(=O)c2ccccc2F)CC1. The zero-order valence-corrected chi connectivity index (χ0v) is 16.8. The number of sulfonamides is 1. The fourth-order valence-corrected chi connectivity index (χ4v) is 4.86. The third kappa shape index (κ3) is 4.20. The molecule has 150 valence electrons. The van der Waals surface area contributed by atoms with Crippen molar-refractivity contribution in [3.8, 4) is 0 Å². The van der Waals surface area contributed by atoms with Gasteiger partial charge in [0.25, 0.3) is 0 Å². The van der Waals surface area contributed by atoms with Crippen LogP contribution in [0, 0.1) is 5.82 Å². The van der Waals surface area contributed by atoms with Gasteiger partial charge in [0.05, 0.1) is 7.11 Å². The number of halogens is 2. The first kappa shape index (κ1) is 20.7. The van der Waals surface area contributed by atoms with E-state index in [2.05, 4.69) is 0 Å². The summed E-state index contributed by atoms with van der Waals surface area (Å²) in [6, 6.07) is 11.5. The van der Waals surface area contributed by atoms with Gasteiger partial charge in [-0.1, -0.05) is 35.9 Å². The number of hydrogen-bond donors (Lipinski definition) is 0. The van der Waals surface area contributed by atoms with Crippen molar-refractivity contribution >= 4 is 27.6 Å². The number of nitrogens with zero attached hydrogens (tertiary/aromatic N) is 2. The van der Waals surface area contributed by atoms with Gasteiger partial charge >= 0.3 is 5.97 Å². The van der Waals surface area contributed by atoms with Crippen molar-refractivity contribution in [3.05, 3.63) is 64.9 Å². The predicted molar refractivity (Wildman–Crippen MR) is 103 cm³/mol. The molecule has 9 heteroatoms. The van der Waals surface area contributed by atoms with E-state index in [4.69, 9.17) is 16.3 Å². The number of piperazine rings is 1. The summed E-state index contributed by atoms with van der Waals surface area (Å²) in [5, 5.41) is 0.549. The molecule has 0 radical (unpaired) electrons. The van der Waals surface area contributed by atoms with E-state index < -0.39 is 27.9 Å². The number of benzene rings is 2. The van der Waals surface area contributed by atoms with Crippen molar-refractivity contribution in [2.45, 2.75) is 10.9 Å². The molecule has 0 saturated carbocycles. The fourth-order valence-electron chi connectivity index (χ4n) is 3.25. The van der Waals surface area contributed by atoms with Gasteiger partial charge in [0.1, 0.15) is 16.8 Å². The Morgan fingerprint density at radius 1 is 1.07 bits per heavy atom. The van der Waals surface area contributed by atoms with E-state index in [0.717, 1.165) is 6.07 Å². The lowest BCUT2D eigenvalue weighted by Gasteiger charge is -2.37. The summed E-state index contributed by atoms with van der Waals surface area (Å²) >= 11 is 5.92. The van der Waals surface area contributed by atoms with Crippen molar-refractivity contribution in [1.82, 2.24) is 9.21 Å². The minimum Gasteiger partial charge on any atom is -0.468 e. The molecule has 1 aliphatic rings. The molecule has 0 spiro atoms. The molecule has 28 heavy (non-hydrogen) atoms. The molecule has 0 N–H and O–H groups in total. The summed E-state index contributed by atoms with van der Waals surface area (Å²) < 4.78 is 45.6. The molecule has 0 bridgehead atoms. The lowest BCUT2D eigenvalue weighted by atomic mass is 10.0. The van der Waals surface area contributed by atoms with Crippen LogP contribution in [0.1, 0.15) is 11.6 Å². The summed E-state index contributed by atoms with van der Waals surface area (Å²) in [6.45, 7) is 0.877. The summed E-state index contributed by atoms with van der Waals surface area (Å²) in [5.41, 5.74) is 0.710. The Morgan fingerprint density at radius 2 is 1.68 bits per heavy atom. The number of carbonyl (C=O) groups is 1. The summed E-state index contributed by atoms with van der Waals surface area (Å²) in [4.78, 5) is 13.9. The summed E-state index contributed by atoms with van der Waals surface area (Å²) in [6.07, 6.45) is 0. The predicted octanol–water partition coefficient (Wildman–Crippen LogP) is 2.70. The second kappa shape index (κ2) is 8.57. The first-order valence-corrected chi connectivity index (χ1v) is 10.5. The van der Waals surface area contributed by atoms with Crippen molar-refractivity contribution in [1.29, 1.82) is 0 Å². The number of methoxy groups -OCH3 is 1. The van der Waals surface area contributed by atoms with E-state index in [1.54, 1.807) is 24.3 Å². The van der Waals surface area contributed by atoms with Crippen LogP contribution in [-0.4, -0.2) is 56.9 Å². The van der Waals surface area contributed by atoms with Crippen LogP contribution in [0.15, 0.2) is 53.4 Å². The third-order valence-corrected chi connectivity index (χ3v) is 6.89. The molecule has 0 aromatic heterocycles. The van der Waals surface area contributed by atoms with Gasteiger partial charge in [-0.05, 0) is 29.8 Å². The average molecular weight is 427 g/mol. The second-order valence-electron chi connectivity index (χ2n) is 6.35. The molecule has 0 amide bonds. The quantitative estimate of drug-likeness (QED) is 0.688. The Labute approximate surface area is 168 Å². The number of esters is 1. The Morgan fingerprint density at radius 3 is 2.25 bits per heavy atom. The van der Waals surface area contributed by atoms with Gasteiger partial charge in [-0.2, -0.15) is 4.31 Å². The Hall–Kier alpha value is -2.00. The van der Waals surface area contributed by atoms with Crippen molar-refractivity contribution in [2.75, 3.05) is 33.3 Å². The van der Waals surface area contributed by atoms with E-state index in [9.17, 15) is 17.6 Å². The normalized spacial score (nSPS) is 17.2. The molecule has 1 saturated heterocycles. The second-order valence-corrected chi connectivity index (χ2v) is 8.69. The Kier molecular flexibility index (Phi) is 6.34. The van der Waals surface area contributed by atoms with Gasteiger partial charge in [0.2, 0.25) is 10.0 Å². The van der Waals surface area contributed by atoms with Crippen LogP contribution in [0.5, 0.6) is 0 Å². The van der Waals surface area contributed by atoms with Gasteiger partial charge in [0, 0.05) is 31.2 Å². The van der Waals surface area contributed by atoms with Gasteiger partial charge in [-0.25, -0.2) is 17.6 Å². The maximum absolute atomic E-state index is 14.0. The minimum absolute atomic E-state index is 0.137. The van der Waals surface area contributed by atoms with Crippen molar-refractivity contribution in [3.63, 3.8) is 0 Å². The molecule has 3 rings (SSSR count). The third-order valence-electron chi connectivity index (χ3n) is 4.70. The van der Waals surface area contributed by atoms with Crippen LogP contribution in [-0.2, 0) is 19.6 Å².